The number of hydrogen-bond acceptors (Lipinski definition) is 4. The van der Waals surface area contributed by atoms with Crippen LogP contribution in [0.2, 0.25) is 0 Å². The van der Waals surface area contributed by atoms with Crippen LogP contribution in [0.1, 0.15) is 0 Å². The lowest BCUT2D eigenvalue weighted by molar-refractivity contribution is 0.0225. The maximum absolute atomic E-state index is 10.3. The highest BCUT2D eigenvalue weighted by Crippen LogP contribution is 2.14. The highest BCUT2D eigenvalue weighted by atomic mass is 32.2. The normalized spacial score (nSPS) is 16.9. The standard InChI is InChI=1S/C6H9NO3S2/c1-12-6(11)10-4-2-7(3-4)5(8)9/h4H,2-3H2,1H3,(H,8,9). The molecule has 1 saturated heterocycles. The first-order valence-corrected chi connectivity index (χ1v) is 4.99. The Morgan fingerprint density at radius 2 is 2.33 bits per heavy atom. The van der Waals surface area contributed by atoms with Gasteiger partial charge in [0.15, 0.2) is 0 Å². The van der Waals surface area contributed by atoms with Crippen LogP contribution in [0.25, 0.3) is 0 Å². The number of ether oxygens (including phenoxy) is 1. The highest BCUT2D eigenvalue weighted by Gasteiger charge is 2.32. The molecule has 6 heteroatoms. The smallest absolute Gasteiger partial charge is 0.407 e. The van der Waals surface area contributed by atoms with Gasteiger partial charge < -0.3 is 14.7 Å². The quantitative estimate of drug-likeness (QED) is 0.650. The second-order valence-corrected chi connectivity index (χ2v) is 3.79. The van der Waals surface area contributed by atoms with Gasteiger partial charge in [0.2, 0.25) is 4.38 Å². The zero-order valence-corrected chi connectivity index (χ0v) is 8.15. The second-order valence-electron chi connectivity index (χ2n) is 2.38. The first kappa shape index (κ1) is 9.60. The van der Waals surface area contributed by atoms with E-state index in [2.05, 4.69) is 0 Å². The lowest BCUT2D eigenvalue weighted by Crippen LogP contribution is -2.54. The van der Waals surface area contributed by atoms with Crippen molar-refractivity contribution in [1.82, 2.24) is 4.90 Å². The van der Waals surface area contributed by atoms with Gasteiger partial charge in [-0.15, -0.1) is 0 Å². The molecule has 0 aromatic carbocycles. The fourth-order valence-electron chi connectivity index (χ4n) is 0.853. The number of nitrogens with zero attached hydrogens (tertiary/aromatic N) is 1. The van der Waals surface area contributed by atoms with E-state index >= 15 is 0 Å². The lowest BCUT2D eigenvalue weighted by Gasteiger charge is -2.36. The van der Waals surface area contributed by atoms with Crippen molar-refractivity contribution in [3.8, 4) is 0 Å². The number of rotatable bonds is 1. The predicted octanol–water partition coefficient (Wildman–Crippen LogP) is 1.01. The van der Waals surface area contributed by atoms with E-state index in [1.165, 1.54) is 16.7 Å². The number of thioether (sulfide) groups is 1. The third-order valence-electron chi connectivity index (χ3n) is 1.55. The van der Waals surface area contributed by atoms with E-state index in [0.717, 1.165) is 0 Å². The molecule has 12 heavy (non-hydrogen) atoms. The number of carboxylic acid groups (broad SMARTS) is 1. The number of carbonyl (C=O) groups is 1. The van der Waals surface area contributed by atoms with E-state index in [1.54, 1.807) is 0 Å². The van der Waals surface area contributed by atoms with Crippen LogP contribution in [0.5, 0.6) is 0 Å². The van der Waals surface area contributed by atoms with Crippen molar-refractivity contribution in [3.63, 3.8) is 0 Å². The molecule has 0 radical (unpaired) electrons. The lowest BCUT2D eigenvalue weighted by atomic mass is 10.2. The van der Waals surface area contributed by atoms with Gasteiger partial charge in [-0.05, 0) is 18.5 Å². The molecule has 68 valence electrons. The van der Waals surface area contributed by atoms with E-state index in [9.17, 15) is 4.79 Å². The Morgan fingerprint density at radius 1 is 1.75 bits per heavy atom. The van der Waals surface area contributed by atoms with Gasteiger partial charge in [0.05, 0.1) is 13.1 Å². The Bertz CT molecular complexity index is 203. The van der Waals surface area contributed by atoms with Gasteiger partial charge in [0.1, 0.15) is 6.10 Å². The summed E-state index contributed by atoms with van der Waals surface area (Å²) in [6, 6.07) is 0. The molecule has 0 aliphatic carbocycles. The van der Waals surface area contributed by atoms with Crippen LogP contribution >= 0.6 is 24.0 Å². The first-order chi connectivity index (χ1) is 5.63. The van der Waals surface area contributed by atoms with Gasteiger partial charge in [-0.1, -0.05) is 11.8 Å². The fourth-order valence-corrected chi connectivity index (χ4v) is 1.22. The van der Waals surface area contributed by atoms with Crippen molar-refractivity contribution in [2.24, 2.45) is 0 Å². The molecule has 1 amide bonds. The minimum atomic E-state index is -0.898. The molecule has 0 aromatic heterocycles. The molecular formula is C6H9NO3S2. The molecule has 0 atom stereocenters. The molecular weight excluding hydrogens is 198 g/mol. The molecule has 0 unspecified atom stereocenters. The van der Waals surface area contributed by atoms with Crippen molar-refractivity contribution >= 4 is 34.5 Å². The number of likely N-dealkylation sites (tertiary alicyclic amines) is 1. The third-order valence-corrected chi connectivity index (χ3v) is 2.57. The SMILES string of the molecule is CSC(=S)OC1CN(C(=O)O)C1. The molecule has 1 N–H and O–H groups in total. The minimum absolute atomic E-state index is 0.0407. The molecule has 1 heterocycles. The third kappa shape index (κ3) is 2.25. The van der Waals surface area contributed by atoms with Crippen LogP contribution in [0.15, 0.2) is 0 Å². The maximum atomic E-state index is 10.3. The van der Waals surface area contributed by atoms with Crippen LogP contribution in [-0.4, -0.2) is 45.9 Å². The number of amides is 1. The van der Waals surface area contributed by atoms with Crippen molar-refractivity contribution in [2.45, 2.75) is 6.10 Å². The number of thiocarbonyl (C=S) groups is 1. The summed E-state index contributed by atoms with van der Waals surface area (Å²) in [7, 11) is 0. The first-order valence-electron chi connectivity index (χ1n) is 3.36. The van der Waals surface area contributed by atoms with Crippen LogP contribution in [-0.2, 0) is 4.74 Å². The monoisotopic (exact) mass is 207 g/mol. The maximum Gasteiger partial charge on any atom is 0.407 e. The topological polar surface area (TPSA) is 49.8 Å². The van der Waals surface area contributed by atoms with Crippen molar-refractivity contribution in [2.75, 3.05) is 19.3 Å². The Labute approximate surface area is 79.9 Å². The van der Waals surface area contributed by atoms with Crippen LogP contribution in [0, 0.1) is 0 Å². The van der Waals surface area contributed by atoms with Crippen molar-refractivity contribution in [1.29, 1.82) is 0 Å². The van der Waals surface area contributed by atoms with Gasteiger partial charge in [0.25, 0.3) is 0 Å². The Hall–Kier alpha value is -0.490. The Kier molecular flexibility index (Phi) is 3.16. The summed E-state index contributed by atoms with van der Waals surface area (Å²) < 4.78 is 5.68. The summed E-state index contributed by atoms with van der Waals surface area (Å²) in [6.07, 6.45) is 0.890. The molecule has 1 aliphatic heterocycles. The molecule has 1 rings (SSSR count). The molecule has 0 saturated carbocycles. The van der Waals surface area contributed by atoms with Gasteiger partial charge in [0, 0.05) is 0 Å². The average molecular weight is 207 g/mol. The molecule has 4 nitrogen and oxygen atoms in total. The zero-order chi connectivity index (χ0) is 9.14. The highest BCUT2D eigenvalue weighted by molar-refractivity contribution is 8.22. The van der Waals surface area contributed by atoms with E-state index < -0.39 is 6.09 Å². The molecule has 0 aromatic rings. The van der Waals surface area contributed by atoms with E-state index in [1.807, 2.05) is 6.26 Å². The van der Waals surface area contributed by atoms with Gasteiger partial charge in [-0.3, -0.25) is 0 Å². The Morgan fingerprint density at radius 3 is 2.75 bits per heavy atom. The van der Waals surface area contributed by atoms with E-state index in [0.29, 0.717) is 17.5 Å². The number of hydrogen-bond donors (Lipinski definition) is 1. The summed E-state index contributed by atoms with van der Waals surface area (Å²) in [5, 5.41) is 8.47. The van der Waals surface area contributed by atoms with E-state index in [-0.39, 0.29) is 6.10 Å². The van der Waals surface area contributed by atoms with Crippen LogP contribution in [0.4, 0.5) is 4.79 Å². The van der Waals surface area contributed by atoms with Gasteiger partial charge in [-0.2, -0.15) is 0 Å². The summed E-state index contributed by atoms with van der Waals surface area (Å²) in [5.74, 6) is 0. The Balaban J connectivity index is 2.17. The summed E-state index contributed by atoms with van der Waals surface area (Å²) in [6.45, 7) is 0.853. The fraction of sp³-hybridized carbons (Fsp3) is 0.667. The summed E-state index contributed by atoms with van der Waals surface area (Å²) in [4.78, 5) is 11.6. The van der Waals surface area contributed by atoms with Crippen molar-refractivity contribution in [3.05, 3.63) is 0 Å². The molecule has 1 fully saturated rings. The summed E-state index contributed by atoms with van der Waals surface area (Å²) >= 11 is 6.17. The van der Waals surface area contributed by atoms with E-state index in [4.69, 9.17) is 22.1 Å². The van der Waals surface area contributed by atoms with Crippen molar-refractivity contribution < 1.29 is 14.6 Å². The predicted molar refractivity (Wildman–Crippen MR) is 50.6 cm³/mol. The second kappa shape index (κ2) is 3.95. The molecule has 0 bridgehead atoms. The minimum Gasteiger partial charge on any atom is -0.471 e. The van der Waals surface area contributed by atoms with Crippen LogP contribution in [0.3, 0.4) is 0 Å². The average Bonchev–Trinajstić information content (AvgIpc) is 1.94. The zero-order valence-electron chi connectivity index (χ0n) is 6.52. The van der Waals surface area contributed by atoms with Crippen LogP contribution < -0.4 is 0 Å². The van der Waals surface area contributed by atoms with Gasteiger partial charge in [-0.25, -0.2) is 4.79 Å². The summed E-state index contributed by atoms with van der Waals surface area (Å²) in [5.41, 5.74) is 0. The van der Waals surface area contributed by atoms with Gasteiger partial charge >= 0.3 is 6.09 Å². The molecule has 1 aliphatic rings. The molecule has 0 spiro atoms. The largest absolute Gasteiger partial charge is 0.471 e.